The number of nitrogens with zero attached hydrogens (tertiary/aromatic N) is 1. The molecule has 2 bridgehead atoms. The summed E-state index contributed by atoms with van der Waals surface area (Å²) in [7, 11) is 0. The van der Waals surface area contributed by atoms with Gasteiger partial charge in [0.15, 0.2) is 5.78 Å². The van der Waals surface area contributed by atoms with Gasteiger partial charge in [0.25, 0.3) is 0 Å². The van der Waals surface area contributed by atoms with Crippen LogP contribution in [0.2, 0.25) is 0 Å². The highest BCUT2D eigenvalue weighted by molar-refractivity contribution is 5.96. The van der Waals surface area contributed by atoms with Crippen molar-refractivity contribution in [2.75, 3.05) is 26.2 Å². The van der Waals surface area contributed by atoms with Crippen LogP contribution in [0.3, 0.4) is 0 Å². The molecule has 2 aliphatic rings. The third-order valence-corrected chi connectivity index (χ3v) is 5.16. The Balaban J connectivity index is 0.00000192. The number of hydrogen-bond donors (Lipinski definition) is 0. The largest absolute Gasteiger partial charge is 0.494 e. The standard InChI is InChI=1S/C19H27NO2.ClH/c1-2-22-18-7-5-17(6-8-18)19(21)10-12-20-11-9-15-3-4-16(13-15)14-20;/h5-8,15-16H,2-4,9-14H2,1H3;1H. The summed E-state index contributed by atoms with van der Waals surface area (Å²) in [5.41, 5.74) is 0.805. The van der Waals surface area contributed by atoms with E-state index in [4.69, 9.17) is 4.74 Å². The minimum atomic E-state index is 0. The minimum Gasteiger partial charge on any atom is -0.494 e. The first-order valence-corrected chi connectivity index (χ1v) is 8.73. The molecule has 4 heteroatoms. The number of ketones is 1. The molecule has 0 amide bonds. The number of carbonyl (C=O) groups is 1. The zero-order valence-corrected chi connectivity index (χ0v) is 14.8. The van der Waals surface area contributed by atoms with Gasteiger partial charge in [-0.15, -0.1) is 12.4 Å². The summed E-state index contributed by atoms with van der Waals surface area (Å²) in [4.78, 5) is 14.8. The Labute approximate surface area is 145 Å². The van der Waals surface area contributed by atoms with Gasteiger partial charge in [0.05, 0.1) is 6.61 Å². The molecule has 1 aliphatic carbocycles. The summed E-state index contributed by atoms with van der Waals surface area (Å²) in [6.07, 6.45) is 6.21. The first kappa shape index (κ1) is 18.3. The predicted molar refractivity (Wildman–Crippen MR) is 95.7 cm³/mol. The predicted octanol–water partition coefficient (Wildman–Crippen LogP) is 4.20. The Morgan fingerprint density at radius 3 is 2.65 bits per heavy atom. The van der Waals surface area contributed by atoms with E-state index in [1.165, 1.54) is 38.8 Å². The molecule has 1 saturated heterocycles. The molecular formula is C19H28ClNO2. The molecule has 2 unspecified atom stereocenters. The second-order valence-electron chi connectivity index (χ2n) is 6.76. The van der Waals surface area contributed by atoms with Gasteiger partial charge in [-0.3, -0.25) is 4.79 Å². The van der Waals surface area contributed by atoms with Crippen molar-refractivity contribution < 1.29 is 9.53 Å². The summed E-state index contributed by atoms with van der Waals surface area (Å²) < 4.78 is 5.42. The fraction of sp³-hybridized carbons (Fsp3) is 0.632. The molecule has 2 atom stereocenters. The summed E-state index contributed by atoms with van der Waals surface area (Å²) >= 11 is 0. The SMILES string of the molecule is CCOc1ccc(C(=O)CCN2CCC3CCC(C3)C2)cc1.Cl. The van der Waals surface area contributed by atoms with Crippen molar-refractivity contribution in [3.05, 3.63) is 29.8 Å². The number of Topliss-reactive ketones (excluding diaryl/α,β-unsaturated/α-hetero) is 1. The van der Waals surface area contributed by atoms with E-state index in [-0.39, 0.29) is 18.2 Å². The van der Waals surface area contributed by atoms with Gasteiger partial charge < -0.3 is 9.64 Å². The lowest BCUT2D eigenvalue weighted by molar-refractivity contribution is 0.0960. The molecule has 3 nitrogen and oxygen atoms in total. The van der Waals surface area contributed by atoms with E-state index >= 15 is 0 Å². The zero-order chi connectivity index (χ0) is 15.4. The number of rotatable bonds is 6. The highest BCUT2D eigenvalue weighted by Crippen LogP contribution is 2.36. The van der Waals surface area contributed by atoms with Crippen molar-refractivity contribution in [1.82, 2.24) is 4.90 Å². The molecular weight excluding hydrogens is 310 g/mol. The maximum atomic E-state index is 12.3. The Morgan fingerprint density at radius 1 is 1.17 bits per heavy atom. The highest BCUT2D eigenvalue weighted by atomic mass is 35.5. The van der Waals surface area contributed by atoms with Gasteiger partial charge in [0.1, 0.15) is 5.75 Å². The number of fused-ring (bicyclic) bond motifs is 2. The molecule has 0 spiro atoms. The third-order valence-electron chi connectivity index (χ3n) is 5.16. The van der Waals surface area contributed by atoms with Gasteiger partial charge in [-0.05, 0) is 68.8 Å². The van der Waals surface area contributed by atoms with E-state index in [9.17, 15) is 4.79 Å². The lowest BCUT2D eigenvalue weighted by atomic mass is 10.0. The van der Waals surface area contributed by atoms with Crippen LogP contribution in [0.4, 0.5) is 0 Å². The average molecular weight is 338 g/mol. The van der Waals surface area contributed by atoms with E-state index in [2.05, 4.69) is 4.90 Å². The summed E-state index contributed by atoms with van der Waals surface area (Å²) in [5.74, 6) is 2.92. The van der Waals surface area contributed by atoms with Crippen LogP contribution in [-0.4, -0.2) is 36.9 Å². The van der Waals surface area contributed by atoms with Crippen molar-refractivity contribution >= 4 is 18.2 Å². The fourth-order valence-electron chi connectivity index (χ4n) is 3.94. The summed E-state index contributed by atoms with van der Waals surface area (Å²) in [5, 5.41) is 0. The van der Waals surface area contributed by atoms with Gasteiger partial charge in [0, 0.05) is 25.1 Å². The Hall–Kier alpha value is -1.06. The van der Waals surface area contributed by atoms with Crippen LogP contribution in [0, 0.1) is 11.8 Å². The van der Waals surface area contributed by atoms with Gasteiger partial charge in [-0.1, -0.05) is 6.42 Å². The van der Waals surface area contributed by atoms with Crippen LogP contribution in [0.5, 0.6) is 5.75 Å². The minimum absolute atomic E-state index is 0. The summed E-state index contributed by atoms with van der Waals surface area (Å²) in [6.45, 7) is 5.91. The van der Waals surface area contributed by atoms with Crippen LogP contribution >= 0.6 is 12.4 Å². The fourth-order valence-corrected chi connectivity index (χ4v) is 3.94. The number of ether oxygens (including phenoxy) is 1. The first-order chi connectivity index (χ1) is 10.7. The second-order valence-corrected chi connectivity index (χ2v) is 6.76. The van der Waals surface area contributed by atoms with E-state index in [0.717, 1.165) is 29.7 Å². The van der Waals surface area contributed by atoms with E-state index in [1.54, 1.807) is 0 Å². The van der Waals surface area contributed by atoms with Gasteiger partial charge in [-0.2, -0.15) is 0 Å². The molecule has 1 aliphatic heterocycles. The molecule has 0 N–H and O–H groups in total. The lowest BCUT2D eigenvalue weighted by Gasteiger charge is -2.24. The molecule has 1 saturated carbocycles. The second kappa shape index (κ2) is 8.70. The molecule has 0 aromatic heterocycles. The van der Waals surface area contributed by atoms with Crippen molar-refractivity contribution in [2.24, 2.45) is 11.8 Å². The van der Waals surface area contributed by atoms with E-state index in [1.807, 2.05) is 31.2 Å². The molecule has 1 aromatic rings. The van der Waals surface area contributed by atoms with Crippen LogP contribution in [0.25, 0.3) is 0 Å². The lowest BCUT2D eigenvalue weighted by Crippen LogP contribution is -2.31. The first-order valence-electron chi connectivity index (χ1n) is 8.73. The molecule has 1 aromatic carbocycles. The smallest absolute Gasteiger partial charge is 0.164 e. The molecule has 128 valence electrons. The number of carbonyl (C=O) groups excluding carboxylic acids is 1. The topological polar surface area (TPSA) is 29.5 Å². The maximum absolute atomic E-state index is 12.3. The maximum Gasteiger partial charge on any atom is 0.164 e. The number of benzene rings is 1. The molecule has 0 radical (unpaired) electrons. The average Bonchev–Trinajstić information content (AvgIpc) is 2.87. The summed E-state index contributed by atoms with van der Waals surface area (Å²) in [6, 6.07) is 7.55. The Morgan fingerprint density at radius 2 is 1.91 bits per heavy atom. The highest BCUT2D eigenvalue weighted by Gasteiger charge is 2.29. The van der Waals surface area contributed by atoms with Gasteiger partial charge in [0.2, 0.25) is 0 Å². The van der Waals surface area contributed by atoms with Crippen molar-refractivity contribution in [1.29, 1.82) is 0 Å². The van der Waals surface area contributed by atoms with Gasteiger partial charge in [-0.25, -0.2) is 0 Å². The van der Waals surface area contributed by atoms with Crippen LogP contribution < -0.4 is 4.74 Å². The molecule has 1 heterocycles. The Kier molecular flexibility index (Phi) is 6.91. The van der Waals surface area contributed by atoms with Crippen molar-refractivity contribution in [2.45, 2.75) is 39.0 Å². The van der Waals surface area contributed by atoms with E-state index < -0.39 is 0 Å². The zero-order valence-electron chi connectivity index (χ0n) is 14.0. The molecule has 3 rings (SSSR count). The van der Waals surface area contributed by atoms with Gasteiger partial charge >= 0.3 is 0 Å². The molecule has 23 heavy (non-hydrogen) atoms. The molecule has 2 fully saturated rings. The van der Waals surface area contributed by atoms with Crippen LogP contribution in [0.15, 0.2) is 24.3 Å². The van der Waals surface area contributed by atoms with E-state index in [0.29, 0.717) is 13.0 Å². The van der Waals surface area contributed by atoms with Crippen LogP contribution in [0.1, 0.15) is 49.4 Å². The monoisotopic (exact) mass is 337 g/mol. The number of likely N-dealkylation sites (tertiary alicyclic amines) is 1. The van der Waals surface area contributed by atoms with Crippen molar-refractivity contribution in [3.8, 4) is 5.75 Å². The Bertz CT molecular complexity index is 503. The van der Waals surface area contributed by atoms with Crippen LogP contribution in [-0.2, 0) is 0 Å². The third kappa shape index (κ3) is 4.95. The quantitative estimate of drug-likeness (QED) is 0.728. The number of hydrogen-bond acceptors (Lipinski definition) is 3. The number of halogens is 1. The van der Waals surface area contributed by atoms with Crippen molar-refractivity contribution in [3.63, 3.8) is 0 Å². The normalized spacial score (nSPS) is 23.9.